The largest absolute Gasteiger partial charge is 0.505 e. The van der Waals surface area contributed by atoms with Crippen molar-refractivity contribution in [1.29, 1.82) is 0 Å². The Labute approximate surface area is 83.9 Å². The maximum absolute atomic E-state index is 9.94. The molecule has 0 rings (SSSR count). The van der Waals surface area contributed by atoms with Crippen molar-refractivity contribution in [3.8, 4) is 0 Å². The molecule has 0 atom stereocenters. The van der Waals surface area contributed by atoms with E-state index in [1.807, 2.05) is 13.8 Å². The summed E-state index contributed by atoms with van der Waals surface area (Å²) in [4.78, 5) is 19.8. The van der Waals surface area contributed by atoms with Crippen molar-refractivity contribution in [2.24, 2.45) is 0 Å². The van der Waals surface area contributed by atoms with Crippen molar-refractivity contribution >= 4 is 6.16 Å². The molecule has 0 saturated heterocycles. The average molecular weight is 206 g/mol. The molecule has 5 heteroatoms. The first-order chi connectivity index (χ1) is 6.48. The van der Waals surface area contributed by atoms with Gasteiger partial charge in [0.15, 0.2) is 0 Å². The van der Waals surface area contributed by atoms with E-state index in [0.717, 1.165) is 12.8 Å². The minimum Gasteiger partial charge on any atom is -0.450 e. The predicted octanol–water partition coefficient (Wildman–Crippen LogP) is 2.21. The summed E-state index contributed by atoms with van der Waals surface area (Å²) in [6.45, 7) is 5.97. The molecular weight excluding hydrogens is 188 g/mol. The molecule has 0 aliphatic rings. The molecule has 0 radical (unpaired) electrons. The summed E-state index contributed by atoms with van der Waals surface area (Å²) in [6, 6.07) is 0. The second kappa shape index (κ2) is 6.62. The van der Waals surface area contributed by atoms with E-state index < -0.39 is 6.16 Å². The van der Waals surface area contributed by atoms with Crippen molar-refractivity contribution in [1.82, 2.24) is 0 Å². The maximum Gasteiger partial charge on any atom is 0.505 e. The molecule has 1 N–H and O–H groups in total. The van der Waals surface area contributed by atoms with E-state index in [1.165, 1.54) is 0 Å². The Kier molecular flexibility index (Phi) is 6.23. The van der Waals surface area contributed by atoms with Gasteiger partial charge in [-0.15, -0.1) is 0 Å². The molecule has 0 saturated carbocycles. The fourth-order valence-electron chi connectivity index (χ4n) is 1.01. The highest BCUT2D eigenvalue weighted by Crippen LogP contribution is 2.16. The van der Waals surface area contributed by atoms with E-state index >= 15 is 0 Å². The monoisotopic (exact) mass is 206 g/mol. The Hall–Kier alpha value is -0.810. The first-order valence-electron chi connectivity index (χ1n) is 4.64. The summed E-state index contributed by atoms with van der Waals surface area (Å²) in [5, 5.41) is 8.14. The number of hydrogen-bond donors (Lipinski definition) is 1. The van der Waals surface area contributed by atoms with E-state index in [4.69, 9.17) is 14.9 Å². The predicted molar refractivity (Wildman–Crippen MR) is 50.0 cm³/mol. The zero-order valence-corrected chi connectivity index (χ0v) is 8.91. The second-order valence-electron chi connectivity index (χ2n) is 3.53. The standard InChI is InChI=1S/C9H18O5/c1-4-5-9(2,3)14-13-7-6-12-8(10)11/h4-7H2,1-3H3,(H,10,11). The zero-order chi connectivity index (χ0) is 11.0. The van der Waals surface area contributed by atoms with Crippen LogP contribution in [0.4, 0.5) is 4.79 Å². The lowest BCUT2D eigenvalue weighted by Crippen LogP contribution is -2.25. The van der Waals surface area contributed by atoms with Gasteiger partial charge in [-0.1, -0.05) is 13.3 Å². The topological polar surface area (TPSA) is 65.0 Å². The third-order valence-electron chi connectivity index (χ3n) is 1.53. The molecule has 84 valence electrons. The van der Waals surface area contributed by atoms with E-state index in [2.05, 4.69) is 11.7 Å². The number of ether oxygens (including phenoxy) is 1. The average Bonchev–Trinajstić information content (AvgIpc) is 2.02. The first-order valence-corrected chi connectivity index (χ1v) is 4.64. The molecule has 0 aromatic heterocycles. The van der Waals surface area contributed by atoms with Gasteiger partial charge in [-0.05, 0) is 20.3 Å². The van der Waals surface area contributed by atoms with Crippen LogP contribution >= 0.6 is 0 Å². The van der Waals surface area contributed by atoms with Gasteiger partial charge in [-0.2, -0.15) is 0 Å². The quantitative estimate of drug-likeness (QED) is 0.299. The molecule has 0 aliphatic carbocycles. The van der Waals surface area contributed by atoms with Gasteiger partial charge in [0, 0.05) is 0 Å². The third-order valence-corrected chi connectivity index (χ3v) is 1.53. The minimum absolute atomic E-state index is 0.0163. The van der Waals surface area contributed by atoms with Crippen LogP contribution in [0, 0.1) is 0 Å². The van der Waals surface area contributed by atoms with Crippen molar-refractivity contribution in [3.63, 3.8) is 0 Å². The lowest BCUT2D eigenvalue weighted by atomic mass is 10.0. The molecule has 0 aliphatic heterocycles. The van der Waals surface area contributed by atoms with Crippen molar-refractivity contribution in [2.75, 3.05) is 13.2 Å². The van der Waals surface area contributed by atoms with Gasteiger partial charge < -0.3 is 9.84 Å². The Bertz CT molecular complexity index is 167. The highest BCUT2D eigenvalue weighted by molar-refractivity contribution is 5.56. The highest BCUT2D eigenvalue weighted by atomic mass is 17.2. The van der Waals surface area contributed by atoms with Gasteiger partial charge in [-0.3, -0.25) is 0 Å². The fraction of sp³-hybridized carbons (Fsp3) is 0.889. The highest BCUT2D eigenvalue weighted by Gasteiger charge is 2.18. The van der Waals surface area contributed by atoms with E-state index in [-0.39, 0.29) is 18.8 Å². The zero-order valence-electron chi connectivity index (χ0n) is 8.91. The number of carboxylic acid groups (broad SMARTS) is 1. The molecule has 0 bridgehead atoms. The van der Waals surface area contributed by atoms with Crippen molar-refractivity contribution in [2.45, 2.75) is 39.2 Å². The molecule has 0 aromatic carbocycles. The van der Waals surface area contributed by atoms with Gasteiger partial charge in [-0.25, -0.2) is 14.6 Å². The lowest BCUT2D eigenvalue weighted by Gasteiger charge is -2.22. The van der Waals surface area contributed by atoms with Gasteiger partial charge in [0.2, 0.25) is 0 Å². The van der Waals surface area contributed by atoms with Crippen LogP contribution in [-0.2, 0) is 14.5 Å². The normalized spacial score (nSPS) is 11.4. The van der Waals surface area contributed by atoms with Gasteiger partial charge >= 0.3 is 6.16 Å². The van der Waals surface area contributed by atoms with E-state index in [9.17, 15) is 4.79 Å². The molecular formula is C9H18O5. The lowest BCUT2D eigenvalue weighted by molar-refractivity contribution is -0.356. The van der Waals surface area contributed by atoms with Gasteiger partial charge in [0.25, 0.3) is 0 Å². The summed E-state index contributed by atoms with van der Waals surface area (Å²) in [5.41, 5.74) is -0.335. The second-order valence-corrected chi connectivity index (χ2v) is 3.53. The van der Waals surface area contributed by atoms with E-state index in [0.29, 0.717) is 0 Å². The smallest absolute Gasteiger partial charge is 0.450 e. The van der Waals surface area contributed by atoms with Crippen LogP contribution in [0.2, 0.25) is 0 Å². The number of carbonyl (C=O) groups is 1. The minimum atomic E-state index is -1.30. The molecule has 0 aromatic rings. The van der Waals surface area contributed by atoms with Crippen LogP contribution in [0.1, 0.15) is 33.6 Å². The molecule has 0 spiro atoms. The summed E-state index contributed by atoms with van der Waals surface area (Å²) < 4.78 is 4.23. The van der Waals surface area contributed by atoms with Crippen LogP contribution < -0.4 is 0 Å². The summed E-state index contributed by atoms with van der Waals surface area (Å²) in [6.07, 6.45) is 0.579. The third kappa shape index (κ3) is 7.82. The van der Waals surface area contributed by atoms with Gasteiger partial charge in [0.1, 0.15) is 13.2 Å². The van der Waals surface area contributed by atoms with Crippen LogP contribution in [0.5, 0.6) is 0 Å². The van der Waals surface area contributed by atoms with Crippen LogP contribution in [0.15, 0.2) is 0 Å². The van der Waals surface area contributed by atoms with Gasteiger partial charge in [0.05, 0.1) is 5.60 Å². The Balaban J connectivity index is 3.39. The van der Waals surface area contributed by atoms with Crippen LogP contribution in [-0.4, -0.2) is 30.1 Å². The number of rotatable bonds is 7. The van der Waals surface area contributed by atoms with Crippen LogP contribution in [0.25, 0.3) is 0 Å². The first kappa shape index (κ1) is 13.2. The molecule has 5 nitrogen and oxygen atoms in total. The fourth-order valence-corrected chi connectivity index (χ4v) is 1.01. The molecule has 0 amide bonds. The van der Waals surface area contributed by atoms with Crippen LogP contribution in [0.3, 0.4) is 0 Å². The summed E-state index contributed by atoms with van der Waals surface area (Å²) in [5.74, 6) is 0. The molecule has 14 heavy (non-hydrogen) atoms. The molecule has 0 heterocycles. The SMILES string of the molecule is CCCC(C)(C)OOCCOC(=O)O. The van der Waals surface area contributed by atoms with Crippen molar-refractivity contribution in [3.05, 3.63) is 0 Å². The Morgan fingerprint density at radius 3 is 2.50 bits per heavy atom. The van der Waals surface area contributed by atoms with Crippen molar-refractivity contribution < 1.29 is 24.4 Å². The molecule has 0 unspecified atom stereocenters. The Morgan fingerprint density at radius 2 is 2.00 bits per heavy atom. The summed E-state index contributed by atoms with van der Waals surface area (Å²) in [7, 11) is 0. The number of hydrogen-bond acceptors (Lipinski definition) is 4. The molecule has 0 fully saturated rings. The maximum atomic E-state index is 9.94. The summed E-state index contributed by atoms with van der Waals surface area (Å²) >= 11 is 0. The van der Waals surface area contributed by atoms with E-state index in [1.54, 1.807) is 0 Å². The Morgan fingerprint density at radius 1 is 1.36 bits per heavy atom.